The molecule has 0 radical (unpaired) electrons. The van der Waals surface area contributed by atoms with Crippen LogP contribution in [0.15, 0.2) is 30.3 Å². The van der Waals surface area contributed by atoms with Gasteiger partial charge in [-0.25, -0.2) is 0 Å². The van der Waals surface area contributed by atoms with E-state index in [-0.39, 0.29) is 30.2 Å². The molecule has 3 N–H and O–H groups in total. The molecule has 3 fully saturated rings. The summed E-state index contributed by atoms with van der Waals surface area (Å²) in [7, 11) is 0. The summed E-state index contributed by atoms with van der Waals surface area (Å²) in [5, 5.41) is 16.4. The molecule has 0 saturated carbocycles. The van der Waals surface area contributed by atoms with Gasteiger partial charge in [0, 0.05) is 11.2 Å². The highest BCUT2D eigenvalue weighted by Crippen LogP contribution is 2.64. The lowest BCUT2D eigenvalue weighted by Crippen LogP contribution is -2.60. The van der Waals surface area contributed by atoms with E-state index in [9.17, 15) is 19.5 Å². The number of aliphatic hydroxyl groups is 1. The fraction of sp³-hybridized carbons (Fsp3) is 0.679. The zero-order valence-electron chi connectivity index (χ0n) is 22.3. The minimum atomic E-state index is -1.11. The highest BCUT2D eigenvalue weighted by Gasteiger charge is 2.79. The summed E-state index contributed by atoms with van der Waals surface area (Å²) < 4.78 is 6.77. The largest absolute Gasteiger partial charge is 0.394 e. The van der Waals surface area contributed by atoms with Gasteiger partial charge in [-0.3, -0.25) is 14.4 Å². The number of hydrogen-bond acceptors (Lipinski definition) is 5. The highest BCUT2D eigenvalue weighted by atomic mass is 16.5. The molecular weight excluding hydrogens is 458 g/mol. The number of amides is 3. The second kappa shape index (κ2) is 9.45. The molecule has 8 nitrogen and oxygen atoms in total. The fourth-order valence-electron chi connectivity index (χ4n) is 6.75. The topological polar surface area (TPSA) is 108 Å². The second-order valence-electron chi connectivity index (χ2n) is 12.1. The average molecular weight is 500 g/mol. The van der Waals surface area contributed by atoms with Crippen molar-refractivity contribution in [1.82, 2.24) is 10.2 Å². The summed E-state index contributed by atoms with van der Waals surface area (Å²) in [6, 6.07) is 7.74. The van der Waals surface area contributed by atoms with E-state index in [2.05, 4.69) is 10.6 Å². The third kappa shape index (κ3) is 4.32. The second-order valence-corrected chi connectivity index (χ2v) is 12.1. The molecule has 1 aromatic rings. The molecule has 3 aliphatic rings. The smallest absolute Gasteiger partial charge is 0.246 e. The summed E-state index contributed by atoms with van der Waals surface area (Å²) in [5.41, 5.74) is -1.77. The highest BCUT2D eigenvalue weighted by molar-refractivity contribution is 6.02. The summed E-state index contributed by atoms with van der Waals surface area (Å²) in [5.74, 6) is -2.13. The van der Waals surface area contributed by atoms with Gasteiger partial charge >= 0.3 is 0 Å². The van der Waals surface area contributed by atoms with Crippen LogP contribution in [0.4, 0.5) is 5.69 Å². The van der Waals surface area contributed by atoms with Crippen molar-refractivity contribution in [3.63, 3.8) is 0 Å². The minimum absolute atomic E-state index is 0.204. The lowest BCUT2D eigenvalue weighted by atomic mass is 9.65. The Morgan fingerprint density at radius 3 is 2.39 bits per heavy atom. The van der Waals surface area contributed by atoms with Crippen molar-refractivity contribution < 1.29 is 24.2 Å². The maximum absolute atomic E-state index is 14.2. The number of para-hydroxylation sites is 1. The summed E-state index contributed by atoms with van der Waals surface area (Å²) in [6.45, 7) is 11.5. The van der Waals surface area contributed by atoms with Crippen LogP contribution in [0.3, 0.4) is 0 Å². The predicted octanol–water partition coefficient (Wildman–Crippen LogP) is 3.10. The molecule has 36 heavy (non-hydrogen) atoms. The first-order valence-electron chi connectivity index (χ1n) is 13.2. The zero-order valence-corrected chi connectivity index (χ0v) is 22.3. The van der Waals surface area contributed by atoms with Crippen molar-refractivity contribution in [1.29, 1.82) is 0 Å². The number of likely N-dealkylation sites (tertiary alicyclic amines) is 1. The van der Waals surface area contributed by atoms with Crippen molar-refractivity contribution in [2.24, 2.45) is 17.8 Å². The van der Waals surface area contributed by atoms with Crippen LogP contribution in [0, 0.1) is 17.8 Å². The first-order valence-corrected chi connectivity index (χ1v) is 13.2. The monoisotopic (exact) mass is 499 g/mol. The Kier molecular flexibility index (Phi) is 6.99. The van der Waals surface area contributed by atoms with Crippen molar-refractivity contribution in [2.45, 2.75) is 96.1 Å². The van der Waals surface area contributed by atoms with Crippen LogP contribution in [0.25, 0.3) is 0 Å². The number of fused-ring (bicyclic) bond motifs is 1. The van der Waals surface area contributed by atoms with Gasteiger partial charge in [-0.05, 0) is 64.5 Å². The number of ether oxygens (including phenoxy) is 1. The molecule has 3 amide bonds. The standard InChI is InChI=1S/C28H41N3O5/c1-7-27-13-14-28(36-27)21(20(27)23(33)29-18-11-9-8-10-12-18)25(35)31(19(16-32)15-17(2)3)22(28)24(34)30-26(4,5)6/h8-12,17,19-22,32H,7,13-16H2,1-6H3,(H,29,33)(H,30,34)/t19-,20+,21+,22?,27-,28?/m1/s1. The first kappa shape index (κ1) is 26.6. The van der Waals surface area contributed by atoms with Gasteiger partial charge in [0.15, 0.2) is 0 Å². The number of aliphatic hydroxyl groups excluding tert-OH is 1. The zero-order chi connectivity index (χ0) is 26.5. The van der Waals surface area contributed by atoms with Crippen LogP contribution < -0.4 is 10.6 Å². The molecule has 6 atom stereocenters. The number of nitrogens with one attached hydrogen (secondary N) is 2. The van der Waals surface area contributed by atoms with Crippen molar-refractivity contribution >= 4 is 23.4 Å². The fourth-order valence-corrected chi connectivity index (χ4v) is 6.75. The number of carbonyl (C=O) groups excluding carboxylic acids is 3. The van der Waals surface area contributed by atoms with Crippen LogP contribution in [0.1, 0.15) is 67.2 Å². The third-order valence-electron chi connectivity index (χ3n) is 8.04. The van der Waals surface area contributed by atoms with E-state index in [0.717, 1.165) is 0 Å². The van der Waals surface area contributed by atoms with Gasteiger partial charge in [-0.2, -0.15) is 0 Å². The van der Waals surface area contributed by atoms with Crippen LogP contribution in [-0.4, -0.2) is 63.2 Å². The first-order chi connectivity index (χ1) is 16.9. The Labute approximate surface area is 214 Å². The molecule has 8 heteroatoms. The van der Waals surface area contributed by atoms with Crippen molar-refractivity contribution in [3.05, 3.63) is 30.3 Å². The Balaban J connectivity index is 1.79. The van der Waals surface area contributed by atoms with Crippen molar-refractivity contribution in [3.8, 4) is 0 Å². The Hall–Kier alpha value is -2.45. The van der Waals surface area contributed by atoms with Gasteiger partial charge in [0.1, 0.15) is 11.6 Å². The van der Waals surface area contributed by atoms with Crippen LogP contribution >= 0.6 is 0 Å². The number of benzene rings is 1. The Bertz CT molecular complexity index is 1010. The van der Waals surface area contributed by atoms with Crippen molar-refractivity contribution in [2.75, 3.05) is 11.9 Å². The SMILES string of the molecule is CC[C@]12CCC3(O1)C(C(=O)NC(C)(C)C)N([C@@H](CO)CC(C)C)C(=O)[C@@H]3[C@H]2C(=O)Nc1ccccc1. The van der Waals surface area contributed by atoms with Gasteiger partial charge in [0.05, 0.1) is 30.1 Å². The van der Waals surface area contributed by atoms with Crippen LogP contribution in [0.2, 0.25) is 0 Å². The maximum atomic E-state index is 14.2. The predicted molar refractivity (Wildman–Crippen MR) is 137 cm³/mol. The molecule has 1 spiro atoms. The number of anilines is 1. The Morgan fingerprint density at radius 2 is 1.83 bits per heavy atom. The van der Waals surface area contributed by atoms with E-state index in [4.69, 9.17) is 4.74 Å². The molecular formula is C28H41N3O5. The summed E-state index contributed by atoms with van der Waals surface area (Å²) >= 11 is 0. The summed E-state index contributed by atoms with van der Waals surface area (Å²) in [4.78, 5) is 43.4. The maximum Gasteiger partial charge on any atom is 0.246 e. The summed E-state index contributed by atoms with van der Waals surface area (Å²) in [6.07, 6.45) is 2.23. The van der Waals surface area contributed by atoms with Gasteiger partial charge in [-0.1, -0.05) is 39.0 Å². The molecule has 0 aromatic heterocycles. The number of carbonyl (C=O) groups is 3. The van der Waals surface area contributed by atoms with Gasteiger partial charge in [0.2, 0.25) is 17.7 Å². The lowest BCUT2D eigenvalue weighted by molar-refractivity contribution is -0.151. The van der Waals surface area contributed by atoms with Crippen LogP contribution in [0.5, 0.6) is 0 Å². The van der Waals surface area contributed by atoms with Crippen LogP contribution in [-0.2, 0) is 19.1 Å². The van der Waals surface area contributed by atoms with Gasteiger partial charge in [0.25, 0.3) is 0 Å². The molecule has 1 aromatic carbocycles. The molecule has 2 unspecified atom stereocenters. The number of rotatable bonds is 8. The average Bonchev–Trinajstić information content (AvgIpc) is 3.40. The normalized spacial score (nSPS) is 32.1. The van der Waals surface area contributed by atoms with Gasteiger partial charge < -0.3 is 25.4 Å². The molecule has 198 valence electrons. The van der Waals surface area contributed by atoms with E-state index in [1.54, 1.807) is 4.90 Å². The number of hydrogen-bond donors (Lipinski definition) is 3. The van der Waals surface area contributed by atoms with E-state index in [1.165, 1.54) is 0 Å². The van der Waals surface area contributed by atoms with E-state index in [0.29, 0.717) is 31.4 Å². The quantitative estimate of drug-likeness (QED) is 0.509. The van der Waals surface area contributed by atoms with E-state index < -0.39 is 40.7 Å². The van der Waals surface area contributed by atoms with E-state index in [1.807, 2.05) is 71.9 Å². The third-order valence-corrected chi connectivity index (χ3v) is 8.04. The van der Waals surface area contributed by atoms with E-state index >= 15 is 0 Å². The van der Waals surface area contributed by atoms with Gasteiger partial charge in [-0.15, -0.1) is 0 Å². The number of nitrogens with zero attached hydrogens (tertiary/aromatic N) is 1. The molecule has 3 aliphatic heterocycles. The molecule has 3 heterocycles. The minimum Gasteiger partial charge on any atom is -0.394 e. The lowest BCUT2D eigenvalue weighted by Gasteiger charge is -2.39. The molecule has 4 rings (SSSR count). The Morgan fingerprint density at radius 1 is 1.17 bits per heavy atom. The molecule has 0 aliphatic carbocycles. The molecule has 3 saturated heterocycles. The molecule has 2 bridgehead atoms.